The van der Waals surface area contributed by atoms with Gasteiger partial charge in [-0.1, -0.05) is 0 Å². The van der Waals surface area contributed by atoms with Gasteiger partial charge in [0.05, 0.1) is 12.2 Å². The Morgan fingerprint density at radius 2 is 1.89 bits per heavy atom. The summed E-state index contributed by atoms with van der Waals surface area (Å²) in [5.41, 5.74) is 1.43. The van der Waals surface area contributed by atoms with Crippen molar-refractivity contribution >= 4 is 28.3 Å². The number of amides is 1. The topological polar surface area (TPSA) is 102 Å². The maximum absolute atomic E-state index is 12.0. The zero-order chi connectivity index (χ0) is 19.6. The van der Waals surface area contributed by atoms with Crippen LogP contribution >= 0.6 is 11.3 Å². The van der Waals surface area contributed by atoms with Crippen LogP contribution in [0.2, 0.25) is 0 Å². The smallest absolute Gasteiger partial charge is 0.251 e. The third-order valence-corrected chi connectivity index (χ3v) is 4.56. The lowest BCUT2D eigenvalue weighted by molar-refractivity contribution is 0.0954. The molecule has 0 unspecified atom stereocenters. The number of nitrogens with zero attached hydrogens (tertiary/aromatic N) is 3. The van der Waals surface area contributed by atoms with Crippen LogP contribution < -0.4 is 20.9 Å². The number of rotatable bonds is 8. The zero-order valence-corrected chi connectivity index (χ0v) is 16.6. The van der Waals surface area contributed by atoms with E-state index in [2.05, 4.69) is 25.9 Å². The maximum atomic E-state index is 12.0. The molecule has 0 saturated heterocycles. The van der Waals surface area contributed by atoms with Crippen LogP contribution in [0, 0.1) is 0 Å². The lowest BCUT2D eigenvalue weighted by Gasteiger charge is -2.11. The highest BCUT2D eigenvalue weighted by Gasteiger charge is 2.06. The molecule has 0 saturated carbocycles. The highest BCUT2D eigenvalue weighted by molar-refractivity contribution is 7.13. The fourth-order valence-electron chi connectivity index (χ4n) is 2.15. The summed E-state index contributed by atoms with van der Waals surface area (Å²) in [7, 11) is 3.92. The van der Waals surface area contributed by atoms with Crippen LogP contribution in [-0.2, 0) is 6.54 Å². The molecule has 1 amide bonds. The molecule has 1 aromatic heterocycles. The molecule has 0 atom stereocenters. The third kappa shape index (κ3) is 6.78. The first-order chi connectivity index (χ1) is 13.0. The Morgan fingerprint density at radius 1 is 1.19 bits per heavy atom. The molecule has 1 heterocycles. The van der Waals surface area contributed by atoms with Gasteiger partial charge in [0, 0.05) is 44.7 Å². The highest BCUT2D eigenvalue weighted by Crippen LogP contribution is 2.18. The molecule has 2 aromatic rings. The van der Waals surface area contributed by atoms with Crippen molar-refractivity contribution < 1.29 is 9.90 Å². The molecule has 0 aliphatic heterocycles. The van der Waals surface area contributed by atoms with Crippen LogP contribution in [0.3, 0.4) is 0 Å². The minimum Gasteiger partial charge on any atom is -0.508 e. The molecule has 2 rings (SSSR count). The van der Waals surface area contributed by atoms with E-state index in [1.54, 1.807) is 23.5 Å². The zero-order valence-electron chi connectivity index (χ0n) is 15.8. The quantitative estimate of drug-likeness (QED) is 0.309. The van der Waals surface area contributed by atoms with Crippen LogP contribution in [0.25, 0.3) is 0 Å². The fraction of sp³-hybridized carbons (Fsp3) is 0.389. The molecule has 1 aromatic carbocycles. The number of phenols is 1. The van der Waals surface area contributed by atoms with Crippen LogP contribution in [0.1, 0.15) is 23.0 Å². The van der Waals surface area contributed by atoms with E-state index in [1.165, 1.54) is 12.1 Å². The molecule has 8 nitrogen and oxygen atoms in total. The second kappa shape index (κ2) is 10.4. The summed E-state index contributed by atoms with van der Waals surface area (Å²) in [6.07, 6.45) is 0. The van der Waals surface area contributed by atoms with Crippen LogP contribution in [-0.4, -0.2) is 55.7 Å². The molecular weight excluding hydrogens is 364 g/mol. The number of carbonyl (C=O) groups is 1. The number of hydrogen-bond acceptors (Lipinski definition) is 6. The average molecular weight is 391 g/mol. The van der Waals surface area contributed by atoms with Crippen molar-refractivity contribution in [2.45, 2.75) is 13.5 Å². The summed E-state index contributed by atoms with van der Waals surface area (Å²) in [5, 5.41) is 21.4. The highest BCUT2D eigenvalue weighted by atomic mass is 32.1. The molecule has 0 aliphatic rings. The van der Waals surface area contributed by atoms with Gasteiger partial charge >= 0.3 is 0 Å². The number of phenolic OH excluding ortho intramolecular Hbond substituents is 1. The van der Waals surface area contributed by atoms with Gasteiger partial charge in [0.2, 0.25) is 0 Å². The Bertz CT molecular complexity index is 757. The van der Waals surface area contributed by atoms with E-state index in [4.69, 9.17) is 0 Å². The van der Waals surface area contributed by atoms with Gasteiger partial charge in [-0.3, -0.25) is 4.79 Å². The monoisotopic (exact) mass is 390 g/mol. The second-order valence-electron chi connectivity index (χ2n) is 5.94. The van der Waals surface area contributed by atoms with E-state index in [9.17, 15) is 9.90 Å². The predicted octanol–water partition coefficient (Wildman–Crippen LogP) is 1.40. The molecule has 0 radical (unpaired) electrons. The standard InChI is InChI=1S/C18H26N6O2S/c1-4-19-17(22-11-14-12-27-18(23-14)24(2)3)21-10-9-20-16(26)13-5-7-15(25)8-6-13/h5-8,12,25H,4,9-11H2,1-3H3,(H,20,26)(H2,19,21,22). The molecule has 9 heteroatoms. The molecule has 0 fully saturated rings. The number of aromatic hydroxyl groups is 1. The van der Waals surface area contributed by atoms with E-state index < -0.39 is 0 Å². The number of benzene rings is 1. The maximum Gasteiger partial charge on any atom is 0.251 e. The van der Waals surface area contributed by atoms with Crippen molar-refractivity contribution in [3.8, 4) is 5.75 Å². The summed E-state index contributed by atoms with van der Waals surface area (Å²) in [4.78, 5) is 23.0. The molecule has 27 heavy (non-hydrogen) atoms. The van der Waals surface area contributed by atoms with E-state index in [0.29, 0.717) is 31.2 Å². The van der Waals surface area contributed by atoms with Crippen molar-refractivity contribution in [2.75, 3.05) is 38.6 Å². The Hall–Kier alpha value is -2.81. The third-order valence-electron chi connectivity index (χ3n) is 3.50. The van der Waals surface area contributed by atoms with E-state index >= 15 is 0 Å². The predicted molar refractivity (Wildman–Crippen MR) is 110 cm³/mol. The van der Waals surface area contributed by atoms with Gasteiger partial charge in [-0.2, -0.15) is 0 Å². The first kappa shape index (κ1) is 20.5. The number of anilines is 1. The van der Waals surface area contributed by atoms with E-state index in [1.807, 2.05) is 31.3 Å². The summed E-state index contributed by atoms with van der Waals surface area (Å²) in [6.45, 7) is 4.21. The number of thiazole rings is 1. The summed E-state index contributed by atoms with van der Waals surface area (Å²) < 4.78 is 0. The van der Waals surface area contributed by atoms with Crippen LogP contribution in [0.15, 0.2) is 34.6 Å². The second-order valence-corrected chi connectivity index (χ2v) is 6.78. The summed E-state index contributed by atoms with van der Waals surface area (Å²) in [5.74, 6) is 0.630. The van der Waals surface area contributed by atoms with E-state index in [-0.39, 0.29) is 11.7 Å². The van der Waals surface area contributed by atoms with Crippen molar-refractivity contribution in [1.82, 2.24) is 20.9 Å². The number of aliphatic imine (C=N–C) groups is 1. The van der Waals surface area contributed by atoms with Gasteiger partial charge in [-0.15, -0.1) is 11.3 Å². The van der Waals surface area contributed by atoms with Crippen LogP contribution in [0.4, 0.5) is 5.13 Å². The number of carbonyl (C=O) groups excluding carboxylic acids is 1. The molecular formula is C18H26N6O2S. The number of nitrogens with one attached hydrogen (secondary N) is 3. The van der Waals surface area contributed by atoms with Crippen molar-refractivity contribution in [3.05, 3.63) is 40.9 Å². The van der Waals surface area contributed by atoms with Gasteiger partial charge < -0.3 is 26.0 Å². The Kier molecular flexibility index (Phi) is 7.87. The molecule has 0 aliphatic carbocycles. The van der Waals surface area contributed by atoms with Crippen molar-refractivity contribution in [3.63, 3.8) is 0 Å². The summed E-state index contributed by atoms with van der Waals surface area (Å²) >= 11 is 1.59. The molecule has 4 N–H and O–H groups in total. The minimum absolute atomic E-state index is 0.137. The lowest BCUT2D eigenvalue weighted by Crippen LogP contribution is -2.41. The van der Waals surface area contributed by atoms with Gasteiger partial charge in [-0.05, 0) is 31.2 Å². The van der Waals surface area contributed by atoms with Crippen molar-refractivity contribution in [1.29, 1.82) is 0 Å². The van der Waals surface area contributed by atoms with Gasteiger partial charge in [0.25, 0.3) is 5.91 Å². The van der Waals surface area contributed by atoms with E-state index in [0.717, 1.165) is 17.4 Å². The SMILES string of the molecule is CCNC(=NCc1csc(N(C)C)n1)NCCNC(=O)c1ccc(O)cc1. The Balaban J connectivity index is 1.79. The Labute approximate surface area is 163 Å². The van der Waals surface area contributed by atoms with Gasteiger partial charge in [-0.25, -0.2) is 9.98 Å². The van der Waals surface area contributed by atoms with Crippen molar-refractivity contribution in [2.24, 2.45) is 4.99 Å². The number of aromatic nitrogens is 1. The largest absolute Gasteiger partial charge is 0.508 e. The average Bonchev–Trinajstić information content (AvgIpc) is 3.13. The first-order valence-corrected chi connectivity index (χ1v) is 9.58. The van der Waals surface area contributed by atoms with Gasteiger partial charge in [0.1, 0.15) is 5.75 Å². The number of guanidine groups is 1. The number of hydrogen-bond donors (Lipinski definition) is 4. The molecule has 0 bridgehead atoms. The summed E-state index contributed by atoms with van der Waals surface area (Å²) in [6, 6.07) is 6.14. The minimum atomic E-state index is -0.183. The first-order valence-electron chi connectivity index (χ1n) is 8.70. The van der Waals surface area contributed by atoms with Gasteiger partial charge in [0.15, 0.2) is 11.1 Å². The molecule has 0 spiro atoms. The lowest BCUT2D eigenvalue weighted by atomic mass is 10.2. The molecule has 146 valence electrons. The van der Waals surface area contributed by atoms with Crippen LogP contribution in [0.5, 0.6) is 5.75 Å². The Morgan fingerprint density at radius 3 is 2.52 bits per heavy atom. The normalized spacial score (nSPS) is 11.1. The fourth-order valence-corrected chi connectivity index (χ4v) is 2.90.